The van der Waals surface area contributed by atoms with Gasteiger partial charge in [0, 0.05) is 12.1 Å². The molecule has 0 atom stereocenters. The molecule has 1 N–H and O–H groups in total. The van der Waals surface area contributed by atoms with Crippen molar-refractivity contribution in [2.24, 2.45) is 0 Å². The summed E-state index contributed by atoms with van der Waals surface area (Å²) in [5.74, 6) is -0.741. The fourth-order valence-electron chi connectivity index (χ4n) is 3.56. The van der Waals surface area contributed by atoms with E-state index < -0.39 is 22.8 Å². The summed E-state index contributed by atoms with van der Waals surface area (Å²) in [7, 11) is 0. The van der Waals surface area contributed by atoms with Crippen molar-refractivity contribution in [3.63, 3.8) is 0 Å². The Bertz CT molecular complexity index is 1190. The third-order valence-corrected chi connectivity index (χ3v) is 5.90. The summed E-state index contributed by atoms with van der Waals surface area (Å²) in [5, 5.41) is 13.0. The molecule has 1 aliphatic heterocycles. The number of amides is 4. The Morgan fingerprint density at radius 1 is 1.06 bits per heavy atom. The van der Waals surface area contributed by atoms with Crippen LogP contribution < -0.4 is 19.7 Å². The average Bonchev–Trinajstić information content (AvgIpc) is 2.83. The van der Waals surface area contributed by atoms with Gasteiger partial charge >= 0.3 is 6.03 Å². The molecule has 1 fully saturated rings. The van der Waals surface area contributed by atoms with E-state index in [1.807, 2.05) is 6.92 Å². The third-order valence-electron chi connectivity index (χ3n) is 5.31. The van der Waals surface area contributed by atoms with Gasteiger partial charge < -0.3 is 9.47 Å². The van der Waals surface area contributed by atoms with Gasteiger partial charge in [-0.15, -0.1) is 0 Å². The topological polar surface area (TPSA) is 128 Å². The summed E-state index contributed by atoms with van der Waals surface area (Å²) in [5.41, 5.74) is 0.0802. The SMILES string of the molecule is CCCCCCOc1c(Br)cc(/C=C2/C(=O)NC(=O)N(c3ccc([N+](=O)[O-])cc3)C2=O)cc1OCC. The van der Waals surface area contributed by atoms with Crippen LogP contribution >= 0.6 is 15.9 Å². The molecule has 3 rings (SSSR count). The monoisotopic (exact) mass is 559 g/mol. The van der Waals surface area contributed by atoms with Gasteiger partial charge in [-0.1, -0.05) is 26.2 Å². The molecule has 0 spiro atoms. The number of halogens is 1. The molecule has 2 aromatic rings. The maximum absolute atomic E-state index is 13.1. The van der Waals surface area contributed by atoms with Crippen molar-refractivity contribution in [2.75, 3.05) is 18.1 Å². The fourth-order valence-corrected chi connectivity index (χ4v) is 4.13. The van der Waals surface area contributed by atoms with Crippen LogP contribution in [0.1, 0.15) is 45.1 Å². The molecule has 0 bridgehead atoms. The number of unbranched alkanes of at least 4 members (excludes halogenated alkanes) is 3. The van der Waals surface area contributed by atoms with E-state index in [9.17, 15) is 24.5 Å². The van der Waals surface area contributed by atoms with Crippen LogP contribution in [0.4, 0.5) is 16.2 Å². The van der Waals surface area contributed by atoms with Crippen molar-refractivity contribution in [1.29, 1.82) is 0 Å². The Morgan fingerprint density at radius 2 is 1.78 bits per heavy atom. The number of nitro benzene ring substituents is 1. The van der Waals surface area contributed by atoms with Crippen LogP contribution in [0.2, 0.25) is 0 Å². The summed E-state index contributed by atoms with van der Waals surface area (Å²) >= 11 is 3.48. The minimum Gasteiger partial charge on any atom is -0.490 e. The normalized spacial score (nSPS) is 14.7. The number of nitrogens with zero attached hydrogens (tertiary/aromatic N) is 2. The quantitative estimate of drug-likeness (QED) is 0.128. The summed E-state index contributed by atoms with van der Waals surface area (Å²) in [6.07, 6.45) is 5.56. The Balaban J connectivity index is 1.90. The van der Waals surface area contributed by atoms with Crippen molar-refractivity contribution < 1.29 is 28.8 Å². The van der Waals surface area contributed by atoms with E-state index >= 15 is 0 Å². The number of rotatable bonds is 11. The number of nitrogens with one attached hydrogen (secondary N) is 1. The summed E-state index contributed by atoms with van der Waals surface area (Å²) in [6.45, 7) is 4.86. The number of benzene rings is 2. The molecule has 0 aromatic heterocycles. The summed E-state index contributed by atoms with van der Waals surface area (Å²) in [4.78, 5) is 49.1. The molecule has 0 unspecified atom stereocenters. The average molecular weight is 560 g/mol. The lowest BCUT2D eigenvalue weighted by Crippen LogP contribution is -2.54. The zero-order valence-electron chi connectivity index (χ0n) is 19.9. The van der Waals surface area contributed by atoms with Crippen molar-refractivity contribution in [3.8, 4) is 11.5 Å². The first-order valence-corrected chi connectivity index (χ1v) is 12.3. The maximum atomic E-state index is 13.1. The van der Waals surface area contributed by atoms with Crippen molar-refractivity contribution in [3.05, 3.63) is 62.1 Å². The lowest BCUT2D eigenvalue weighted by Gasteiger charge is -2.26. The van der Waals surface area contributed by atoms with E-state index in [-0.39, 0.29) is 16.9 Å². The fraction of sp³-hybridized carbons (Fsp3) is 0.320. The molecule has 10 nitrogen and oxygen atoms in total. The lowest BCUT2D eigenvalue weighted by atomic mass is 10.1. The first kappa shape index (κ1) is 26.9. The van der Waals surface area contributed by atoms with Gasteiger partial charge in [0.25, 0.3) is 17.5 Å². The van der Waals surface area contributed by atoms with Crippen LogP contribution in [0.25, 0.3) is 6.08 Å². The van der Waals surface area contributed by atoms with Crippen LogP contribution in [0, 0.1) is 10.1 Å². The molecule has 1 aliphatic rings. The van der Waals surface area contributed by atoms with E-state index in [4.69, 9.17) is 9.47 Å². The number of carbonyl (C=O) groups is 3. The molecule has 2 aromatic carbocycles. The van der Waals surface area contributed by atoms with E-state index in [1.54, 1.807) is 12.1 Å². The highest BCUT2D eigenvalue weighted by atomic mass is 79.9. The Labute approximate surface area is 216 Å². The molecule has 4 amide bonds. The Hall–Kier alpha value is -3.73. The predicted octanol–water partition coefficient (Wildman–Crippen LogP) is 5.38. The predicted molar refractivity (Wildman–Crippen MR) is 137 cm³/mol. The number of hydrogen-bond acceptors (Lipinski definition) is 7. The van der Waals surface area contributed by atoms with Crippen LogP contribution in [-0.4, -0.2) is 36.0 Å². The number of non-ortho nitro benzene ring substituents is 1. The molecule has 36 heavy (non-hydrogen) atoms. The second-order valence-electron chi connectivity index (χ2n) is 7.90. The van der Waals surface area contributed by atoms with E-state index in [1.165, 1.54) is 30.3 Å². The number of urea groups is 1. The second kappa shape index (κ2) is 12.3. The standard InChI is InChI=1S/C25H26BrN3O7/c1-3-5-6-7-12-36-22-20(26)14-16(15-21(22)35-4-2)13-19-23(30)27-25(32)28(24(19)31)17-8-10-18(11-9-17)29(33)34/h8-11,13-15H,3-7,12H2,1-2H3,(H,27,30,32)/b19-13-. The minimum absolute atomic E-state index is 0.0875. The smallest absolute Gasteiger partial charge is 0.335 e. The molecule has 190 valence electrons. The summed E-state index contributed by atoms with van der Waals surface area (Å²) < 4.78 is 12.2. The molecular formula is C25H26BrN3O7. The van der Waals surface area contributed by atoms with Gasteiger partial charge in [0.1, 0.15) is 5.57 Å². The van der Waals surface area contributed by atoms with Gasteiger partial charge in [-0.05, 0) is 65.2 Å². The zero-order chi connectivity index (χ0) is 26.2. The molecule has 0 radical (unpaired) electrons. The number of imide groups is 2. The largest absolute Gasteiger partial charge is 0.490 e. The maximum Gasteiger partial charge on any atom is 0.335 e. The molecule has 1 saturated heterocycles. The third kappa shape index (κ3) is 6.28. The molecular weight excluding hydrogens is 534 g/mol. The van der Waals surface area contributed by atoms with Gasteiger partial charge in [-0.25, -0.2) is 9.69 Å². The second-order valence-corrected chi connectivity index (χ2v) is 8.76. The number of carbonyl (C=O) groups excluding carboxylic acids is 3. The first-order chi connectivity index (χ1) is 17.3. The van der Waals surface area contributed by atoms with Crippen LogP contribution in [0.5, 0.6) is 11.5 Å². The first-order valence-electron chi connectivity index (χ1n) is 11.5. The molecule has 0 saturated carbocycles. The van der Waals surface area contributed by atoms with Gasteiger partial charge in [0.05, 0.1) is 28.3 Å². The number of ether oxygens (including phenoxy) is 2. The Morgan fingerprint density at radius 3 is 2.42 bits per heavy atom. The van der Waals surface area contributed by atoms with Crippen LogP contribution in [-0.2, 0) is 9.59 Å². The highest BCUT2D eigenvalue weighted by Crippen LogP contribution is 2.38. The van der Waals surface area contributed by atoms with Gasteiger partial charge in [-0.2, -0.15) is 0 Å². The number of anilines is 1. The van der Waals surface area contributed by atoms with Crippen LogP contribution in [0.3, 0.4) is 0 Å². The van der Waals surface area contributed by atoms with Gasteiger partial charge in [-0.3, -0.25) is 25.0 Å². The van der Waals surface area contributed by atoms with Gasteiger partial charge in [0.15, 0.2) is 11.5 Å². The number of nitro groups is 1. The number of barbiturate groups is 1. The summed E-state index contributed by atoms with van der Waals surface area (Å²) in [6, 6.07) is 7.25. The minimum atomic E-state index is -0.945. The van der Waals surface area contributed by atoms with E-state index in [2.05, 4.69) is 28.2 Å². The molecule has 0 aliphatic carbocycles. The highest BCUT2D eigenvalue weighted by Gasteiger charge is 2.37. The zero-order valence-corrected chi connectivity index (χ0v) is 21.5. The number of hydrogen-bond donors (Lipinski definition) is 1. The van der Waals surface area contributed by atoms with Crippen molar-refractivity contribution >= 4 is 51.2 Å². The molecule has 1 heterocycles. The molecule has 11 heteroatoms. The van der Waals surface area contributed by atoms with Crippen molar-refractivity contribution in [1.82, 2.24) is 5.32 Å². The van der Waals surface area contributed by atoms with Crippen LogP contribution in [0.15, 0.2) is 46.4 Å². The van der Waals surface area contributed by atoms with E-state index in [0.29, 0.717) is 34.7 Å². The van der Waals surface area contributed by atoms with Crippen molar-refractivity contribution in [2.45, 2.75) is 39.5 Å². The van der Waals surface area contributed by atoms with Gasteiger partial charge in [0.2, 0.25) is 0 Å². The Kier molecular flexibility index (Phi) is 9.18. The lowest BCUT2D eigenvalue weighted by molar-refractivity contribution is -0.384. The van der Waals surface area contributed by atoms with E-state index in [0.717, 1.165) is 30.6 Å². The highest BCUT2D eigenvalue weighted by molar-refractivity contribution is 9.10.